The van der Waals surface area contributed by atoms with Gasteiger partial charge in [0.05, 0.1) is 0 Å². The molecule has 16 heavy (non-hydrogen) atoms. The van der Waals surface area contributed by atoms with Gasteiger partial charge in [-0.1, -0.05) is 23.7 Å². The number of halogens is 1. The Kier molecular flexibility index (Phi) is 2.49. The molecule has 3 heteroatoms. The van der Waals surface area contributed by atoms with E-state index in [-0.39, 0.29) is 0 Å². The Bertz CT molecular complexity index is 424. The van der Waals surface area contributed by atoms with Gasteiger partial charge in [-0.05, 0) is 43.5 Å². The van der Waals surface area contributed by atoms with Crippen molar-refractivity contribution in [3.05, 3.63) is 35.1 Å². The van der Waals surface area contributed by atoms with Crippen LogP contribution in [0.4, 0.5) is 0 Å². The first-order chi connectivity index (χ1) is 7.74. The van der Waals surface area contributed by atoms with Gasteiger partial charge in [-0.3, -0.25) is 4.90 Å². The number of aromatic nitrogens is 1. The maximum atomic E-state index is 5.80. The highest BCUT2D eigenvalue weighted by Gasteiger charge is 2.33. The summed E-state index contributed by atoms with van der Waals surface area (Å²) in [6.45, 7) is 0. The van der Waals surface area contributed by atoms with E-state index in [2.05, 4.69) is 29.1 Å². The highest BCUT2D eigenvalue weighted by Crippen LogP contribution is 2.37. The maximum Gasteiger partial charge on any atom is 0.129 e. The van der Waals surface area contributed by atoms with Crippen LogP contribution >= 0.6 is 11.6 Å². The topological polar surface area (TPSA) is 16.1 Å². The largest absolute Gasteiger partial charge is 0.297 e. The van der Waals surface area contributed by atoms with Crippen LogP contribution in [-0.4, -0.2) is 29.0 Å². The van der Waals surface area contributed by atoms with Gasteiger partial charge in [0.15, 0.2) is 0 Å². The molecule has 2 aliphatic heterocycles. The van der Waals surface area contributed by atoms with E-state index >= 15 is 0 Å². The number of nitrogens with zero attached hydrogens (tertiary/aromatic N) is 2. The van der Waals surface area contributed by atoms with Gasteiger partial charge in [0.1, 0.15) is 5.15 Å². The SMILES string of the molecule is CN1[C@H]2CC[C@@H]1C=C(c1ccc(Cl)nc1)C2. The average Bonchev–Trinajstić information content (AvgIpc) is 2.54. The van der Waals surface area contributed by atoms with E-state index in [1.165, 1.54) is 24.0 Å². The zero-order valence-electron chi connectivity index (χ0n) is 9.36. The minimum atomic E-state index is 0.570. The smallest absolute Gasteiger partial charge is 0.129 e. The predicted octanol–water partition coefficient (Wildman–Crippen LogP) is 2.98. The lowest BCUT2D eigenvalue weighted by atomic mass is 9.96. The van der Waals surface area contributed by atoms with Gasteiger partial charge in [0, 0.05) is 18.3 Å². The summed E-state index contributed by atoms with van der Waals surface area (Å²) in [5.74, 6) is 0. The van der Waals surface area contributed by atoms with Crippen LogP contribution in [0.5, 0.6) is 0 Å². The number of likely N-dealkylation sites (N-methyl/N-ethyl adjacent to an activating group) is 1. The van der Waals surface area contributed by atoms with Gasteiger partial charge in [0.2, 0.25) is 0 Å². The average molecular weight is 235 g/mol. The van der Waals surface area contributed by atoms with Crippen LogP contribution in [0.2, 0.25) is 5.15 Å². The van der Waals surface area contributed by atoms with Crippen molar-refractivity contribution in [2.45, 2.75) is 31.3 Å². The molecule has 1 aromatic heterocycles. The highest BCUT2D eigenvalue weighted by atomic mass is 35.5. The Labute approximate surface area is 101 Å². The third-order valence-electron chi connectivity index (χ3n) is 3.84. The van der Waals surface area contributed by atoms with E-state index in [1.807, 2.05) is 12.3 Å². The summed E-state index contributed by atoms with van der Waals surface area (Å²) in [7, 11) is 2.23. The molecule has 3 rings (SSSR count). The van der Waals surface area contributed by atoms with Gasteiger partial charge in [-0.25, -0.2) is 4.98 Å². The molecule has 1 aromatic rings. The maximum absolute atomic E-state index is 5.80. The molecule has 0 amide bonds. The number of rotatable bonds is 1. The van der Waals surface area contributed by atoms with Crippen molar-refractivity contribution < 1.29 is 0 Å². The third-order valence-corrected chi connectivity index (χ3v) is 4.07. The predicted molar refractivity (Wildman–Crippen MR) is 66.4 cm³/mol. The Morgan fingerprint density at radius 3 is 2.94 bits per heavy atom. The first-order valence-corrected chi connectivity index (χ1v) is 6.16. The second-order valence-electron chi connectivity index (χ2n) is 4.73. The van der Waals surface area contributed by atoms with Crippen LogP contribution in [0.25, 0.3) is 5.57 Å². The van der Waals surface area contributed by atoms with Crippen LogP contribution in [0.15, 0.2) is 24.4 Å². The molecule has 2 atom stereocenters. The summed E-state index contributed by atoms with van der Waals surface area (Å²) in [5, 5.41) is 0.570. The van der Waals surface area contributed by atoms with Gasteiger partial charge in [-0.15, -0.1) is 0 Å². The van der Waals surface area contributed by atoms with E-state index in [9.17, 15) is 0 Å². The van der Waals surface area contributed by atoms with Crippen molar-refractivity contribution in [1.82, 2.24) is 9.88 Å². The zero-order valence-corrected chi connectivity index (χ0v) is 10.1. The summed E-state index contributed by atoms with van der Waals surface area (Å²) in [5.41, 5.74) is 2.67. The third kappa shape index (κ3) is 1.66. The van der Waals surface area contributed by atoms with E-state index < -0.39 is 0 Å². The summed E-state index contributed by atoms with van der Waals surface area (Å²) >= 11 is 5.80. The van der Waals surface area contributed by atoms with E-state index in [4.69, 9.17) is 11.6 Å². The molecule has 2 bridgehead atoms. The van der Waals surface area contributed by atoms with E-state index in [1.54, 1.807) is 0 Å². The van der Waals surface area contributed by atoms with E-state index in [0.717, 1.165) is 12.5 Å². The lowest BCUT2D eigenvalue weighted by Crippen LogP contribution is -2.34. The molecule has 2 nitrogen and oxygen atoms in total. The fourth-order valence-corrected chi connectivity index (χ4v) is 2.93. The Morgan fingerprint density at radius 2 is 2.25 bits per heavy atom. The lowest BCUT2D eigenvalue weighted by molar-refractivity contribution is 0.264. The van der Waals surface area contributed by atoms with Crippen LogP contribution in [0, 0.1) is 0 Å². The molecule has 1 fully saturated rings. The highest BCUT2D eigenvalue weighted by molar-refractivity contribution is 6.29. The molecule has 3 heterocycles. The standard InChI is InChI=1S/C13H15ClN2/c1-16-11-3-4-12(16)7-10(6-11)9-2-5-13(14)15-8-9/h2,5-6,8,11-12H,3-4,7H2,1H3/t11-,12+/m1/s1. The minimum absolute atomic E-state index is 0.570. The summed E-state index contributed by atoms with van der Waals surface area (Å²) < 4.78 is 0. The second-order valence-corrected chi connectivity index (χ2v) is 5.12. The molecule has 84 valence electrons. The fraction of sp³-hybridized carbons (Fsp3) is 0.462. The molecule has 0 spiro atoms. The minimum Gasteiger partial charge on any atom is -0.297 e. The first-order valence-electron chi connectivity index (χ1n) is 5.78. The molecule has 0 aliphatic carbocycles. The normalized spacial score (nSPS) is 29.2. The van der Waals surface area contributed by atoms with Crippen molar-refractivity contribution in [2.75, 3.05) is 7.05 Å². The number of hydrogen-bond donors (Lipinski definition) is 0. The van der Waals surface area contributed by atoms with Crippen LogP contribution < -0.4 is 0 Å². The van der Waals surface area contributed by atoms with Crippen LogP contribution in [-0.2, 0) is 0 Å². The lowest BCUT2D eigenvalue weighted by Gasteiger charge is -2.30. The second kappa shape index (κ2) is 3.86. The van der Waals surface area contributed by atoms with Crippen molar-refractivity contribution >= 4 is 17.2 Å². The van der Waals surface area contributed by atoms with Crippen molar-refractivity contribution in [1.29, 1.82) is 0 Å². The molecule has 0 unspecified atom stereocenters. The summed E-state index contributed by atoms with van der Waals surface area (Å²) in [6.07, 6.45) is 8.05. The Morgan fingerprint density at radius 1 is 1.38 bits per heavy atom. The van der Waals surface area contributed by atoms with Crippen molar-refractivity contribution in [3.63, 3.8) is 0 Å². The van der Waals surface area contributed by atoms with Gasteiger partial charge < -0.3 is 0 Å². The molecule has 0 saturated carbocycles. The van der Waals surface area contributed by atoms with Gasteiger partial charge >= 0.3 is 0 Å². The number of hydrogen-bond acceptors (Lipinski definition) is 2. The van der Waals surface area contributed by atoms with Crippen molar-refractivity contribution in [3.8, 4) is 0 Å². The van der Waals surface area contributed by atoms with Gasteiger partial charge in [0.25, 0.3) is 0 Å². The molecule has 2 aliphatic rings. The Balaban J connectivity index is 1.92. The van der Waals surface area contributed by atoms with Crippen molar-refractivity contribution in [2.24, 2.45) is 0 Å². The summed E-state index contributed by atoms with van der Waals surface area (Å²) in [6, 6.07) is 5.30. The monoisotopic (exact) mass is 234 g/mol. The molecule has 0 aromatic carbocycles. The Hall–Kier alpha value is -0.860. The summed E-state index contributed by atoms with van der Waals surface area (Å²) in [4.78, 5) is 6.65. The zero-order chi connectivity index (χ0) is 11.1. The van der Waals surface area contributed by atoms with Crippen LogP contribution in [0.3, 0.4) is 0 Å². The molecular weight excluding hydrogens is 220 g/mol. The molecule has 0 radical (unpaired) electrons. The quantitative estimate of drug-likeness (QED) is 0.695. The van der Waals surface area contributed by atoms with E-state index in [0.29, 0.717) is 11.2 Å². The number of fused-ring (bicyclic) bond motifs is 2. The number of pyridine rings is 1. The van der Waals surface area contributed by atoms with Gasteiger partial charge in [-0.2, -0.15) is 0 Å². The fourth-order valence-electron chi connectivity index (χ4n) is 2.82. The molecular formula is C13H15ClN2. The van der Waals surface area contributed by atoms with Crippen LogP contribution in [0.1, 0.15) is 24.8 Å². The molecule has 0 N–H and O–H groups in total. The molecule has 1 saturated heterocycles. The first kappa shape index (κ1) is 10.3.